The van der Waals surface area contributed by atoms with E-state index in [4.69, 9.17) is 5.73 Å². The standard InChI is InChI=1S/C18H16FN5O/c1-9-4-5-21-8-13(9)12-6-11-7-14(22-18(25)10-2-3-10)23-24-17(11)16(20)15(12)19/h4-8,10H,2-3,20H2,1H3,(H,22,23,25). The lowest BCUT2D eigenvalue weighted by Crippen LogP contribution is -2.14. The molecule has 0 saturated heterocycles. The van der Waals surface area contributed by atoms with Crippen molar-refractivity contribution in [2.45, 2.75) is 19.8 Å². The minimum Gasteiger partial charge on any atom is -0.395 e. The molecule has 0 radical (unpaired) electrons. The predicted octanol–water partition coefficient (Wildman–Crippen LogP) is 3.07. The first-order chi connectivity index (χ1) is 12.0. The highest BCUT2D eigenvalue weighted by atomic mass is 19.1. The topological polar surface area (TPSA) is 93.8 Å². The molecule has 0 aliphatic heterocycles. The number of nitrogen functional groups attached to an aromatic ring is 1. The first-order valence-electron chi connectivity index (χ1n) is 8.02. The number of pyridine rings is 1. The van der Waals surface area contributed by atoms with E-state index in [2.05, 4.69) is 20.5 Å². The molecule has 25 heavy (non-hydrogen) atoms. The van der Waals surface area contributed by atoms with E-state index in [1.807, 2.05) is 6.92 Å². The molecule has 1 aromatic carbocycles. The predicted molar refractivity (Wildman–Crippen MR) is 93.2 cm³/mol. The first-order valence-corrected chi connectivity index (χ1v) is 8.02. The summed E-state index contributed by atoms with van der Waals surface area (Å²) in [7, 11) is 0. The van der Waals surface area contributed by atoms with Crippen LogP contribution in [-0.2, 0) is 4.79 Å². The molecule has 1 saturated carbocycles. The van der Waals surface area contributed by atoms with Crippen LogP contribution in [-0.4, -0.2) is 21.1 Å². The molecule has 7 heteroatoms. The van der Waals surface area contributed by atoms with Crippen LogP contribution in [0.1, 0.15) is 18.4 Å². The van der Waals surface area contributed by atoms with Crippen molar-refractivity contribution >= 4 is 28.3 Å². The van der Waals surface area contributed by atoms with Gasteiger partial charge in [-0.3, -0.25) is 9.78 Å². The average Bonchev–Trinajstić information content (AvgIpc) is 3.44. The monoisotopic (exact) mass is 337 g/mol. The zero-order chi connectivity index (χ0) is 17.6. The number of benzene rings is 1. The maximum absolute atomic E-state index is 14.7. The van der Waals surface area contributed by atoms with Gasteiger partial charge in [0.15, 0.2) is 11.6 Å². The summed E-state index contributed by atoms with van der Waals surface area (Å²) >= 11 is 0. The summed E-state index contributed by atoms with van der Waals surface area (Å²) < 4.78 is 14.7. The lowest BCUT2D eigenvalue weighted by Gasteiger charge is -2.11. The fourth-order valence-corrected chi connectivity index (χ4v) is 2.77. The van der Waals surface area contributed by atoms with Crippen LogP contribution in [0.3, 0.4) is 0 Å². The van der Waals surface area contributed by atoms with Crippen molar-refractivity contribution in [3.8, 4) is 11.1 Å². The van der Waals surface area contributed by atoms with Crippen LogP contribution in [0, 0.1) is 18.7 Å². The Morgan fingerprint density at radius 1 is 1.28 bits per heavy atom. The third kappa shape index (κ3) is 2.77. The molecule has 1 aliphatic rings. The molecule has 1 aliphatic carbocycles. The largest absolute Gasteiger partial charge is 0.395 e. The zero-order valence-corrected chi connectivity index (χ0v) is 13.6. The second kappa shape index (κ2) is 5.77. The molecule has 3 N–H and O–H groups in total. The number of nitrogens with zero attached hydrogens (tertiary/aromatic N) is 3. The number of carbonyl (C=O) groups excluding carboxylic acids is 1. The van der Waals surface area contributed by atoms with E-state index in [1.165, 1.54) is 0 Å². The van der Waals surface area contributed by atoms with E-state index in [0.29, 0.717) is 22.3 Å². The van der Waals surface area contributed by atoms with E-state index < -0.39 is 5.82 Å². The lowest BCUT2D eigenvalue weighted by atomic mass is 9.99. The van der Waals surface area contributed by atoms with Gasteiger partial charge in [-0.05, 0) is 43.5 Å². The van der Waals surface area contributed by atoms with Crippen LogP contribution in [0.4, 0.5) is 15.9 Å². The number of fused-ring (bicyclic) bond motifs is 1. The van der Waals surface area contributed by atoms with Crippen molar-refractivity contribution in [2.75, 3.05) is 11.1 Å². The van der Waals surface area contributed by atoms with Gasteiger partial charge in [0.1, 0.15) is 5.52 Å². The Labute approximate surface area is 143 Å². The first kappa shape index (κ1) is 15.4. The summed E-state index contributed by atoms with van der Waals surface area (Å²) in [5.74, 6) is -0.214. The van der Waals surface area contributed by atoms with Gasteiger partial charge in [0.2, 0.25) is 5.91 Å². The Bertz CT molecular complexity index is 1000. The molecule has 1 fully saturated rings. The third-order valence-electron chi connectivity index (χ3n) is 4.38. The van der Waals surface area contributed by atoms with Crippen molar-refractivity contribution in [3.63, 3.8) is 0 Å². The quantitative estimate of drug-likeness (QED) is 0.716. The minimum atomic E-state index is -0.548. The smallest absolute Gasteiger partial charge is 0.228 e. The lowest BCUT2D eigenvalue weighted by molar-refractivity contribution is -0.117. The van der Waals surface area contributed by atoms with E-state index in [-0.39, 0.29) is 23.0 Å². The molecular weight excluding hydrogens is 321 g/mol. The molecule has 0 atom stereocenters. The number of halogens is 1. The molecule has 2 aromatic heterocycles. The van der Waals surface area contributed by atoms with Crippen LogP contribution >= 0.6 is 0 Å². The Balaban J connectivity index is 1.83. The summed E-state index contributed by atoms with van der Waals surface area (Å²) in [4.78, 5) is 16.0. The van der Waals surface area contributed by atoms with Crippen LogP contribution in [0.15, 0.2) is 30.6 Å². The molecule has 0 bridgehead atoms. The Morgan fingerprint density at radius 3 is 2.80 bits per heavy atom. The van der Waals surface area contributed by atoms with Crippen molar-refractivity contribution in [1.29, 1.82) is 0 Å². The number of hydrogen-bond donors (Lipinski definition) is 2. The molecular formula is C18H16FN5O. The molecule has 3 aromatic rings. The van der Waals surface area contributed by atoms with E-state index in [9.17, 15) is 9.18 Å². The Kier molecular flexibility index (Phi) is 3.56. The second-order valence-electron chi connectivity index (χ2n) is 6.27. The van der Waals surface area contributed by atoms with Crippen molar-refractivity contribution in [3.05, 3.63) is 42.0 Å². The summed E-state index contributed by atoms with van der Waals surface area (Å²) in [6.45, 7) is 1.88. The molecule has 126 valence electrons. The fraction of sp³-hybridized carbons (Fsp3) is 0.222. The second-order valence-corrected chi connectivity index (χ2v) is 6.27. The van der Waals surface area contributed by atoms with Crippen molar-refractivity contribution < 1.29 is 9.18 Å². The number of nitrogens with two attached hydrogens (primary N) is 1. The number of aromatic nitrogens is 3. The van der Waals surface area contributed by atoms with Crippen LogP contribution in [0.25, 0.3) is 22.0 Å². The highest BCUT2D eigenvalue weighted by molar-refractivity contribution is 5.98. The summed E-state index contributed by atoms with van der Waals surface area (Å²) in [5.41, 5.74) is 8.03. The average molecular weight is 337 g/mol. The highest BCUT2D eigenvalue weighted by Gasteiger charge is 2.30. The summed E-state index contributed by atoms with van der Waals surface area (Å²) in [5, 5.41) is 11.3. The van der Waals surface area contributed by atoms with Crippen molar-refractivity contribution in [2.24, 2.45) is 5.92 Å². The maximum atomic E-state index is 14.7. The van der Waals surface area contributed by atoms with Gasteiger partial charge in [-0.2, -0.15) is 0 Å². The van der Waals surface area contributed by atoms with Crippen LogP contribution in [0.5, 0.6) is 0 Å². The van der Waals surface area contributed by atoms with Gasteiger partial charge in [0.25, 0.3) is 0 Å². The zero-order valence-electron chi connectivity index (χ0n) is 13.6. The maximum Gasteiger partial charge on any atom is 0.228 e. The number of anilines is 2. The molecule has 4 rings (SSSR count). The number of amides is 1. The van der Waals surface area contributed by atoms with Crippen molar-refractivity contribution in [1.82, 2.24) is 15.2 Å². The van der Waals surface area contributed by atoms with Gasteiger partial charge in [-0.1, -0.05) is 0 Å². The summed E-state index contributed by atoms with van der Waals surface area (Å²) in [6, 6.07) is 5.13. The van der Waals surface area contributed by atoms with Crippen LogP contribution in [0.2, 0.25) is 0 Å². The molecule has 6 nitrogen and oxygen atoms in total. The number of hydrogen-bond acceptors (Lipinski definition) is 5. The summed E-state index contributed by atoms with van der Waals surface area (Å²) in [6.07, 6.45) is 5.05. The Morgan fingerprint density at radius 2 is 2.08 bits per heavy atom. The van der Waals surface area contributed by atoms with Crippen LogP contribution < -0.4 is 11.1 Å². The number of rotatable bonds is 3. The number of carbonyl (C=O) groups is 1. The Hall–Kier alpha value is -3.09. The number of aryl methyl sites for hydroxylation is 1. The highest BCUT2D eigenvalue weighted by Crippen LogP contribution is 2.34. The van der Waals surface area contributed by atoms with E-state index in [0.717, 1.165) is 18.4 Å². The number of nitrogens with one attached hydrogen (secondary N) is 1. The van der Waals surface area contributed by atoms with E-state index >= 15 is 0 Å². The molecule has 2 heterocycles. The third-order valence-corrected chi connectivity index (χ3v) is 4.38. The van der Waals surface area contributed by atoms with Gasteiger partial charge in [-0.15, -0.1) is 10.2 Å². The van der Waals surface area contributed by atoms with Gasteiger partial charge in [0.05, 0.1) is 5.69 Å². The van der Waals surface area contributed by atoms with Gasteiger partial charge < -0.3 is 11.1 Å². The fourth-order valence-electron chi connectivity index (χ4n) is 2.77. The SMILES string of the molecule is Cc1ccncc1-c1cc2cc(NC(=O)C3CC3)nnc2c(N)c1F. The van der Waals surface area contributed by atoms with Gasteiger partial charge in [0, 0.05) is 34.8 Å². The van der Waals surface area contributed by atoms with E-state index in [1.54, 1.807) is 30.6 Å². The molecule has 0 spiro atoms. The normalized spacial score (nSPS) is 13.8. The minimum absolute atomic E-state index is 0.0596. The molecule has 1 amide bonds. The molecule has 0 unspecified atom stereocenters. The van der Waals surface area contributed by atoms with Gasteiger partial charge >= 0.3 is 0 Å². The van der Waals surface area contributed by atoms with Gasteiger partial charge in [-0.25, -0.2) is 4.39 Å².